The molecule has 10 nitrogen and oxygen atoms in total. The van der Waals surface area contributed by atoms with Gasteiger partial charge in [0.25, 0.3) is 5.91 Å². The molecule has 2 aliphatic rings. The average Bonchev–Trinajstić information content (AvgIpc) is 3.60. The second-order valence-electron chi connectivity index (χ2n) is 10.2. The number of carbonyl (C=O) groups is 1. The number of nitriles is 1. The second-order valence-corrected chi connectivity index (χ2v) is 10.2. The van der Waals surface area contributed by atoms with E-state index < -0.39 is 17.3 Å². The highest BCUT2D eigenvalue weighted by Gasteiger charge is 2.51. The molecule has 2 bridgehead atoms. The fourth-order valence-corrected chi connectivity index (χ4v) is 5.90. The van der Waals surface area contributed by atoms with Gasteiger partial charge in [-0.3, -0.25) is 9.78 Å². The van der Waals surface area contributed by atoms with E-state index in [-0.39, 0.29) is 35.5 Å². The lowest BCUT2D eigenvalue weighted by atomic mass is 9.93. The second kappa shape index (κ2) is 10.2. The van der Waals surface area contributed by atoms with E-state index in [1.807, 2.05) is 18.2 Å². The van der Waals surface area contributed by atoms with Crippen molar-refractivity contribution < 1.29 is 19.0 Å². The van der Waals surface area contributed by atoms with E-state index in [0.717, 1.165) is 17.7 Å². The van der Waals surface area contributed by atoms with Gasteiger partial charge in [-0.05, 0) is 36.2 Å². The van der Waals surface area contributed by atoms with Gasteiger partial charge in [0.05, 0.1) is 36.5 Å². The maximum Gasteiger partial charge on any atom is 0.268 e. The number of pyridine rings is 1. The molecule has 2 saturated heterocycles. The summed E-state index contributed by atoms with van der Waals surface area (Å²) in [5, 5.41) is 23.6. The molecule has 0 radical (unpaired) electrons. The number of anilines is 1. The first-order valence-corrected chi connectivity index (χ1v) is 13.0. The molecule has 2 fully saturated rings. The molecule has 41 heavy (non-hydrogen) atoms. The first kappa shape index (κ1) is 26.3. The molecule has 0 aliphatic carbocycles. The minimum Gasteiger partial charge on any atom is -0.496 e. The van der Waals surface area contributed by atoms with Gasteiger partial charge in [0.1, 0.15) is 17.3 Å². The molecule has 2 aromatic heterocycles. The van der Waals surface area contributed by atoms with Crippen LogP contribution < -0.4 is 20.7 Å². The lowest BCUT2D eigenvalue weighted by Crippen LogP contribution is -2.55. The van der Waals surface area contributed by atoms with Crippen LogP contribution in [0.25, 0.3) is 33.6 Å². The summed E-state index contributed by atoms with van der Waals surface area (Å²) in [6, 6.07) is 13.9. The number of benzene rings is 2. The lowest BCUT2D eigenvalue weighted by Gasteiger charge is -2.40. The highest BCUT2D eigenvalue weighted by Crippen LogP contribution is 2.45. The molecule has 2 aliphatic heterocycles. The number of fused-ring (bicyclic) bond motifs is 2. The highest BCUT2D eigenvalue weighted by molar-refractivity contribution is 6.00. The highest BCUT2D eigenvalue weighted by atomic mass is 19.1. The smallest absolute Gasteiger partial charge is 0.268 e. The fourth-order valence-electron chi connectivity index (χ4n) is 5.90. The zero-order valence-corrected chi connectivity index (χ0v) is 22.1. The van der Waals surface area contributed by atoms with Crippen LogP contribution >= 0.6 is 0 Å². The first-order valence-electron chi connectivity index (χ1n) is 13.0. The minimum absolute atomic E-state index is 0.0161. The number of nitrogens with zero attached hydrogens (tertiary/aromatic N) is 5. The number of methoxy groups -OCH3 is 1. The summed E-state index contributed by atoms with van der Waals surface area (Å²) in [5.74, 6) is -1.24. The number of amides is 1. The van der Waals surface area contributed by atoms with Crippen molar-refractivity contribution in [3.63, 3.8) is 0 Å². The van der Waals surface area contributed by atoms with Crippen molar-refractivity contribution in [3.05, 3.63) is 78.1 Å². The van der Waals surface area contributed by atoms with Crippen LogP contribution in [-0.2, 0) is 0 Å². The summed E-state index contributed by atoms with van der Waals surface area (Å²) in [6.07, 6.45) is 5.39. The van der Waals surface area contributed by atoms with Gasteiger partial charge in [0.2, 0.25) is 0 Å². The number of hydrogen-bond donors (Lipinski definition) is 3. The van der Waals surface area contributed by atoms with Gasteiger partial charge < -0.3 is 25.8 Å². The van der Waals surface area contributed by atoms with Gasteiger partial charge >= 0.3 is 0 Å². The van der Waals surface area contributed by atoms with E-state index in [2.05, 4.69) is 31.2 Å². The van der Waals surface area contributed by atoms with Crippen molar-refractivity contribution >= 4 is 11.6 Å². The van der Waals surface area contributed by atoms with Crippen molar-refractivity contribution in [2.45, 2.75) is 18.0 Å². The zero-order valence-electron chi connectivity index (χ0n) is 22.1. The summed E-state index contributed by atoms with van der Waals surface area (Å²) < 4.78 is 20.1. The van der Waals surface area contributed by atoms with Crippen LogP contribution in [-0.4, -0.2) is 64.4 Å². The van der Waals surface area contributed by atoms with Crippen molar-refractivity contribution in [1.29, 1.82) is 5.26 Å². The topological polar surface area (TPSA) is 150 Å². The number of ether oxygens (including phenoxy) is 1. The van der Waals surface area contributed by atoms with E-state index in [1.54, 1.807) is 24.5 Å². The number of rotatable bonds is 7. The molecular formula is C30H26FN7O3. The number of aliphatic hydroxyl groups is 1. The molecule has 4 heterocycles. The van der Waals surface area contributed by atoms with Gasteiger partial charge in [-0.15, -0.1) is 0 Å². The number of nitrogens with two attached hydrogens (primary N) is 1. The third kappa shape index (κ3) is 4.34. The van der Waals surface area contributed by atoms with E-state index in [4.69, 9.17) is 10.5 Å². The summed E-state index contributed by atoms with van der Waals surface area (Å²) in [5.41, 5.74) is 8.73. The normalized spacial score (nSPS) is 19.3. The quantitative estimate of drug-likeness (QED) is 0.315. The Bertz CT molecular complexity index is 1720. The van der Waals surface area contributed by atoms with Gasteiger partial charge in [0, 0.05) is 60.1 Å². The van der Waals surface area contributed by atoms with Crippen LogP contribution in [0.15, 0.2) is 61.1 Å². The Morgan fingerprint density at radius 1 is 1.27 bits per heavy atom. The van der Waals surface area contributed by atoms with Crippen LogP contribution in [0.3, 0.4) is 0 Å². The number of primary amides is 1. The Kier molecular flexibility index (Phi) is 6.57. The molecule has 0 spiro atoms. The van der Waals surface area contributed by atoms with Crippen LogP contribution in [0.1, 0.15) is 22.5 Å². The lowest BCUT2D eigenvalue weighted by molar-refractivity contribution is 0.0996. The van der Waals surface area contributed by atoms with E-state index >= 15 is 0 Å². The largest absolute Gasteiger partial charge is 0.496 e. The van der Waals surface area contributed by atoms with Crippen LogP contribution in [0, 0.1) is 17.1 Å². The number of hydrogen-bond acceptors (Lipinski definition) is 9. The Labute approximate surface area is 235 Å². The number of aromatic nitrogens is 3. The average molecular weight is 552 g/mol. The Balaban J connectivity index is 1.56. The Morgan fingerprint density at radius 3 is 2.85 bits per heavy atom. The summed E-state index contributed by atoms with van der Waals surface area (Å²) in [4.78, 5) is 27.9. The molecule has 11 heteroatoms. The van der Waals surface area contributed by atoms with Gasteiger partial charge in [-0.1, -0.05) is 18.2 Å². The molecule has 4 N–H and O–H groups in total. The molecule has 6 rings (SSSR count). The van der Waals surface area contributed by atoms with E-state index in [0.29, 0.717) is 35.3 Å². The molecule has 2 atom stereocenters. The summed E-state index contributed by atoms with van der Waals surface area (Å²) in [7, 11) is 1.41. The minimum atomic E-state index is -0.811. The third-order valence-electron chi connectivity index (χ3n) is 7.89. The Morgan fingerprint density at radius 2 is 2.12 bits per heavy atom. The predicted molar refractivity (Wildman–Crippen MR) is 149 cm³/mol. The third-order valence-corrected chi connectivity index (χ3v) is 7.89. The standard InChI is InChI=1S/C30H26FN7O3/c1-41-25-4-2-3-23(31)26(25)29-35-13-22(27(37-29)28(33)40)20-6-5-17(21-12-34-8-7-18(21)11-32)9-24(20)38-14-19-10-30(38,16-39)15-36-19/h2-9,12-13,19,36,39H,10,14-16H2,1H3,(H2,33,40)/t19-,30-/m0/s1. The zero-order chi connectivity index (χ0) is 28.7. The van der Waals surface area contributed by atoms with Crippen molar-refractivity contribution in [3.8, 4) is 45.5 Å². The number of piperazine rings is 1. The maximum atomic E-state index is 14.8. The van der Waals surface area contributed by atoms with Crippen molar-refractivity contribution in [2.24, 2.45) is 5.73 Å². The van der Waals surface area contributed by atoms with Gasteiger partial charge in [0.15, 0.2) is 5.82 Å². The number of nitrogens with one attached hydrogen (secondary N) is 1. The monoisotopic (exact) mass is 551 g/mol. The van der Waals surface area contributed by atoms with Gasteiger partial charge in [-0.2, -0.15) is 5.26 Å². The number of carbonyl (C=O) groups excluding carboxylic acids is 1. The fraction of sp³-hybridized carbons (Fsp3) is 0.233. The summed E-state index contributed by atoms with van der Waals surface area (Å²) in [6.45, 7) is 1.12. The van der Waals surface area contributed by atoms with Crippen LogP contribution in [0.2, 0.25) is 0 Å². The van der Waals surface area contributed by atoms with E-state index in [1.165, 1.54) is 25.4 Å². The predicted octanol–water partition coefficient (Wildman–Crippen LogP) is 2.90. The number of aliphatic hydroxyl groups excluding tert-OH is 1. The first-order chi connectivity index (χ1) is 19.9. The van der Waals surface area contributed by atoms with Crippen LogP contribution in [0.5, 0.6) is 5.75 Å². The molecule has 4 aromatic rings. The molecule has 206 valence electrons. The molecule has 1 amide bonds. The Hall–Kier alpha value is -4.92. The maximum absolute atomic E-state index is 14.8. The molecule has 0 unspecified atom stereocenters. The van der Waals surface area contributed by atoms with Gasteiger partial charge in [-0.25, -0.2) is 14.4 Å². The van der Waals surface area contributed by atoms with E-state index in [9.17, 15) is 19.6 Å². The van der Waals surface area contributed by atoms with Crippen molar-refractivity contribution in [2.75, 3.05) is 31.7 Å². The van der Waals surface area contributed by atoms with Crippen LogP contribution in [0.4, 0.5) is 10.1 Å². The molecule has 0 saturated carbocycles. The SMILES string of the molecule is COc1cccc(F)c1-c1ncc(-c2ccc(-c3cnccc3C#N)cc2N2C[C@@H]3C[C@@]2(CO)CN3)c(C(N)=O)n1. The number of halogens is 1. The molecular weight excluding hydrogens is 525 g/mol. The summed E-state index contributed by atoms with van der Waals surface area (Å²) >= 11 is 0. The molecule has 2 aromatic carbocycles. The van der Waals surface area contributed by atoms with Crippen molar-refractivity contribution in [1.82, 2.24) is 20.3 Å².